The number of nitrogens with two attached hydrogens (primary N) is 1. The number of aromatic nitrogens is 1. The molecule has 3 N–H and O–H groups in total. The molecule has 0 saturated heterocycles. The van der Waals surface area contributed by atoms with Crippen molar-refractivity contribution in [1.82, 2.24) is 10.3 Å². The third-order valence-electron chi connectivity index (χ3n) is 3.09. The van der Waals surface area contributed by atoms with Crippen LogP contribution < -0.4 is 11.1 Å². The van der Waals surface area contributed by atoms with Crippen molar-refractivity contribution in [3.05, 3.63) is 45.9 Å². The molecule has 118 valence electrons. The number of amides is 1. The summed E-state index contributed by atoms with van der Waals surface area (Å²) in [4.78, 5) is 17.7. The molecule has 0 atom stereocenters. The molecule has 1 heterocycles. The smallest absolute Gasteiger partial charge is 0.252 e. The molecule has 4 nitrogen and oxygen atoms in total. The average molecular weight is 335 g/mol. The minimum Gasteiger partial charge on any atom is -0.352 e. The van der Waals surface area contributed by atoms with E-state index in [-0.39, 0.29) is 5.91 Å². The van der Waals surface area contributed by atoms with Gasteiger partial charge in [0.05, 0.1) is 16.3 Å². The average Bonchev–Trinajstić information content (AvgIpc) is 2.95. The van der Waals surface area contributed by atoms with Gasteiger partial charge in [0, 0.05) is 22.6 Å². The molecule has 0 spiro atoms. The summed E-state index contributed by atoms with van der Waals surface area (Å²) < 4.78 is 0. The summed E-state index contributed by atoms with van der Waals surface area (Å²) in [6, 6.07) is 7.71. The van der Waals surface area contributed by atoms with Crippen molar-refractivity contribution in [3.8, 4) is 0 Å². The minimum absolute atomic E-state index is 0.0189. The van der Waals surface area contributed by atoms with Crippen molar-refractivity contribution in [2.24, 2.45) is 5.73 Å². The number of carbonyl (C=O) groups is 1. The lowest BCUT2D eigenvalue weighted by molar-refractivity contribution is 0.0950. The van der Waals surface area contributed by atoms with E-state index in [2.05, 4.69) is 15.7 Å². The molecule has 0 aliphatic carbocycles. The van der Waals surface area contributed by atoms with Gasteiger partial charge in [0.2, 0.25) is 0 Å². The number of nitrogens with zero attached hydrogens (tertiary/aromatic N) is 1. The van der Waals surface area contributed by atoms with Crippen molar-refractivity contribution in [1.29, 1.82) is 0 Å². The molecule has 2 aromatic rings. The van der Waals surface area contributed by atoms with E-state index in [1.165, 1.54) is 0 Å². The largest absolute Gasteiger partial charge is 0.352 e. The molecule has 1 amide bonds. The topological polar surface area (TPSA) is 68.0 Å². The van der Waals surface area contributed by atoms with Crippen LogP contribution in [0.25, 0.3) is 0 Å². The molecule has 22 heavy (non-hydrogen) atoms. The third-order valence-corrected chi connectivity index (χ3v) is 5.02. The fourth-order valence-electron chi connectivity index (χ4n) is 1.97. The van der Waals surface area contributed by atoms with Gasteiger partial charge in [-0.1, -0.05) is 12.1 Å². The maximum atomic E-state index is 12.3. The van der Waals surface area contributed by atoms with E-state index in [1.807, 2.05) is 31.2 Å². The van der Waals surface area contributed by atoms with Gasteiger partial charge in [-0.2, -0.15) is 0 Å². The molecule has 1 aromatic heterocycles. The van der Waals surface area contributed by atoms with Gasteiger partial charge in [-0.05, 0) is 38.4 Å². The van der Waals surface area contributed by atoms with Crippen molar-refractivity contribution in [2.75, 3.05) is 13.1 Å². The zero-order valence-corrected chi connectivity index (χ0v) is 14.3. The summed E-state index contributed by atoms with van der Waals surface area (Å²) in [5.41, 5.74) is 7.25. The number of nitrogens with one attached hydrogen (secondary N) is 1. The highest BCUT2D eigenvalue weighted by Gasteiger charge is 2.11. The molecule has 2 rings (SSSR count). The first kappa shape index (κ1) is 17.0. The van der Waals surface area contributed by atoms with E-state index in [9.17, 15) is 4.79 Å². The van der Waals surface area contributed by atoms with Crippen LogP contribution in [0.2, 0.25) is 0 Å². The second kappa shape index (κ2) is 8.92. The van der Waals surface area contributed by atoms with E-state index < -0.39 is 0 Å². The van der Waals surface area contributed by atoms with Crippen LogP contribution in [0.15, 0.2) is 34.5 Å². The first-order valence-electron chi connectivity index (χ1n) is 7.32. The van der Waals surface area contributed by atoms with E-state index in [0.29, 0.717) is 13.1 Å². The Balaban J connectivity index is 1.95. The maximum Gasteiger partial charge on any atom is 0.252 e. The van der Waals surface area contributed by atoms with Crippen molar-refractivity contribution in [2.45, 2.75) is 30.4 Å². The quantitative estimate of drug-likeness (QED) is 0.574. The highest BCUT2D eigenvalue weighted by Crippen LogP contribution is 2.26. The number of unbranched alkanes of at least 4 members (excludes halogenated alkanes) is 1. The fraction of sp³-hybridized carbons (Fsp3) is 0.375. The number of rotatable bonds is 8. The molecule has 0 bridgehead atoms. The summed E-state index contributed by atoms with van der Waals surface area (Å²) in [5, 5.41) is 6.09. The van der Waals surface area contributed by atoms with Crippen LogP contribution in [0, 0.1) is 6.92 Å². The maximum absolute atomic E-state index is 12.3. The number of thioether (sulfide) groups is 1. The molecule has 0 aliphatic heterocycles. The van der Waals surface area contributed by atoms with E-state index in [4.69, 9.17) is 5.73 Å². The Hall–Kier alpha value is -1.37. The Bertz CT molecular complexity index is 613. The molecular formula is C16H21N3OS2. The number of hydrogen-bond donors (Lipinski definition) is 2. The number of carbonyl (C=O) groups excluding carboxylic acids is 1. The second-order valence-electron chi connectivity index (χ2n) is 4.89. The van der Waals surface area contributed by atoms with Crippen molar-refractivity contribution >= 4 is 29.0 Å². The lowest BCUT2D eigenvalue weighted by atomic mass is 10.2. The molecule has 0 aliphatic rings. The van der Waals surface area contributed by atoms with Crippen LogP contribution in [0.4, 0.5) is 0 Å². The van der Waals surface area contributed by atoms with Crippen LogP contribution in [-0.2, 0) is 5.75 Å². The summed E-state index contributed by atoms with van der Waals surface area (Å²) in [6.45, 7) is 3.33. The van der Waals surface area contributed by atoms with E-state index >= 15 is 0 Å². The van der Waals surface area contributed by atoms with Crippen LogP contribution in [-0.4, -0.2) is 24.0 Å². The summed E-state index contributed by atoms with van der Waals surface area (Å²) >= 11 is 3.30. The summed E-state index contributed by atoms with van der Waals surface area (Å²) in [6.07, 6.45) is 1.84. The third kappa shape index (κ3) is 5.12. The molecule has 6 heteroatoms. The number of thiazole rings is 1. The standard InChI is InChI=1S/C16H21N3OS2/c1-12-19-13(10-21-12)11-22-15-7-3-2-6-14(15)16(20)18-9-5-4-8-17/h2-3,6-7,10H,4-5,8-9,11,17H2,1H3,(H,18,20). The molecule has 0 saturated carbocycles. The zero-order chi connectivity index (χ0) is 15.8. The Labute approximate surface area is 139 Å². The van der Waals surface area contributed by atoms with Gasteiger partial charge in [0.1, 0.15) is 0 Å². The monoisotopic (exact) mass is 335 g/mol. The van der Waals surface area contributed by atoms with Crippen molar-refractivity contribution < 1.29 is 4.79 Å². The Morgan fingerprint density at radius 2 is 2.18 bits per heavy atom. The minimum atomic E-state index is -0.0189. The first-order valence-corrected chi connectivity index (χ1v) is 9.18. The van der Waals surface area contributed by atoms with Crippen molar-refractivity contribution in [3.63, 3.8) is 0 Å². The lowest BCUT2D eigenvalue weighted by Gasteiger charge is -2.09. The molecule has 0 fully saturated rings. The lowest BCUT2D eigenvalue weighted by Crippen LogP contribution is -2.25. The van der Waals surface area contributed by atoms with Gasteiger partial charge >= 0.3 is 0 Å². The zero-order valence-electron chi connectivity index (χ0n) is 12.7. The van der Waals surface area contributed by atoms with Gasteiger partial charge in [-0.3, -0.25) is 4.79 Å². The van der Waals surface area contributed by atoms with Crippen LogP contribution in [0.5, 0.6) is 0 Å². The second-order valence-corrected chi connectivity index (χ2v) is 6.97. The number of benzene rings is 1. The number of aryl methyl sites for hydroxylation is 1. The predicted molar refractivity (Wildman–Crippen MR) is 93.5 cm³/mol. The van der Waals surface area contributed by atoms with Gasteiger partial charge in [-0.15, -0.1) is 23.1 Å². The van der Waals surface area contributed by atoms with Gasteiger partial charge in [-0.25, -0.2) is 4.98 Å². The van der Waals surface area contributed by atoms with Crippen LogP contribution in [0.3, 0.4) is 0 Å². The van der Waals surface area contributed by atoms with Gasteiger partial charge in [0.15, 0.2) is 0 Å². The van der Waals surface area contributed by atoms with Gasteiger partial charge < -0.3 is 11.1 Å². The predicted octanol–water partition coefficient (Wildman–Crippen LogP) is 3.21. The summed E-state index contributed by atoms with van der Waals surface area (Å²) in [7, 11) is 0. The van der Waals surface area contributed by atoms with E-state index in [0.717, 1.165) is 39.8 Å². The Kier molecular flexibility index (Phi) is 6.89. The fourth-order valence-corrected chi connectivity index (χ4v) is 3.63. The molecule has 1 aromatic carbocycles. The van der Waals surface area contributed by atoms with Gasteiger partial charge in [0.25, 0.3) is 5.91 Å². The highest BCUT2D eigenvalue weighted by atomic mass is 32.2. The molecule has 0 radical (unpaired) electrons. The Morgan fingerprint density at radius 1 is 1.36 bits per heavy atom. The van der Waals surface area contributed by atoms with E-state index in [1.54, 1.807) is 23.1 Å². The first-order chi connectivity index (χ1) is 10.7. The molecule has 0 unspecified atom stereocenters. The number of hydrogen-bond acceptors (Lipinski definition) is 5. The van der Waals surface area contributed by atoms with Crippen LogP contribution in [0.1, 0.15) is 33.9 Å². The Morgan fingerprint density at radius 3 is 2.91 bits per heavy atom. The van der Waals surface area contributed by atoms with Crippen LogP contribution >= 0.6 is 23.1 Å². The normalized spacial score (nSPS) is 10.6. The highest BCUT2D eigenvalue weighted by molar-refractivity contribution is 7.98. The summed E-state index contributed by atoms with van der Waals surface area (Å²) in [5.74, 6) is 0.761. The molecular weight excluding hydrogens is 314 g/mol. The SMILES string of the molecule is Cc1nc(CSc2ccccc2C(=O)NCCCCN)cs1.